The molecule has 1 aliphatic heterocycles. The number of carbonyl (C=O) groups excluding carboxylic acids is 1. The first-order valence-electron chi connectivity index (χ1n) is 4.93. The molecule has 0 aliphatic carbocycles. The molecule has 0 atom stereocenters. The van der Waals surface area contributed by atoms with Gasteiger partial charge in [0.2, 0.25) is 5.91 Å². The summed E-state index contributed by atoms with van der Waals surface area (Å²) in [5.74, 6) is 2.73. The molecule has 1 aromatic rings. The zero-order valence-corrected chi connectivity index (χ0v) is 8.95. The standard InChI is InChI=1S/C13H13NO/c1-4-10-5-7-11(8-6-10)14-9-13(2,3)12(14)15/h1,5-8H,9H2,2-3H3. The van der Waals surface area contributed by atoms with Crippen LogP contribution < -0.4 is 4.90 Å². The lowest BCUT2D eigenvalue weighted by molar-refractivity contribution is -0.132. The fraction of sp³-hybridized carbons (Fsp3) is 0.308. The van der Waals surface area contributed by atoms with Gasteiger partial charge >= 0.3 is 0 Å². The number of benzene rings is 1. The van der Waals surface area contributed by atoms with Crippen molar-refractivity contribution in [3.05, 3.63) is 29.8 Å². The first kappa shape index (κ1) is 9.79. The second-order valence-corrected chi connectivity index (χ2v) is 4.47. The highest BCUT2D eigenvalue weighted by molar-refractivity contribution is 6.03. The van der Waals surface area contributed by atoms with Gasteiger partial charge < -0.3 is 4.90 Å². The minimum Gasteiger partial charge on any atom is -0.311 e. The number of amides is 1. The van der Waals surface area contributed by atoms with E-state index >= 15 is 0 Å². The van der Waals surface area contributed by atoms with Crippen molar-refractivity contribution in [1.82, 2.24) is 0 Å². The molecule has 0 unspecified atom stereocenters. The largest absolute Gasteiger partial charge is 0.311 e. The van der Waals surface area contributed by atoms with Crippen LogP contribution in [0.5, 0.6) is 0 Å². The smallest absolute Gasteiger partial charge is 0.234 e. The van der Waals surface area contributed by atoms with Gasteiger partial charge in [0.25, 0.3) is 0 Å². The minimum atomic E-state index is -0.204. The summed E-state index contributed by atoms with van der Waals surface area (Å²) in [6.45, 7) is 4.70. The molecule has 0 bridgehead atoms. The van der Waals surface area contributed by atoms with Crippen LogP contribution in [0.3, 0.4) is 0 Å². The van der Waals surface area contributed by atoms with Crippen molar-refractivity contribution in [3.63, 3.8) is 0 Å². The van der Waals surface area contributed by atoms with Gasteiger partial charge in [-0.25, -0.2) is 0 Å². The molecule has 1 aliphatic rings. The second kappa shape index (κ2) is 3.13. The summed E-state index contributed by atoms with van der Waals surface area (Å²) in [5.41, 5.74) is 1.56. The third kappa shape index (κ3) is 1.50. The van der Waals surface area contributed by atoms with Crippen molar-refractivity contribution < 1.29 is 4.79 Å². The number of terminal acetylenes is 1. The summed E-state index contributed by atoms with van der Waals surface area (Å²) in [6.07, 6.45) is 5.26. The zero-order chi connectivity index (χ0) is 11.1. The molecule has 1 fully saturated rings. The number of hydrogen-bond donors (Lipinski definition) is 0. The average molecular weight is 199 g/mol. The maximum atomic E-state index is 11.7. The average Bonchev–Trinajstić information content (AvgIpc) is 2.26. The molecule has 0 aromatic heterocycles. The Morgan fingerprint density at radius 1 is 1.33 bits per heavy atom. The summed E-state index contributed by atoms with van der Waals surface area (Å²) in [4.78, 5) is 13.5. The molecule has 2 rings (SSSR count). The molecule has 15 heavy (non-hydrogen) atoms. The van der Waals surface area contributed by atoms with Crippen LogP contribution >= 0.6 is 0 Å². The van der Waals surface area contributed by atoms with Crippen molar-refractivity contribution in [2.24, 2.45) is 5.41 Å². The van der Waals surface area contributed by atoms with Crippen molar-refractivity contribution >= 4 is 11.6 Å². The maximum Gasteiger partial charge on any atom is 0.234 e. The van der Waals surface area contributed by atoms with Gasteiger partial charge in [0.15, 0.2) is 0 Å². The maximum absolute atomic E-state index is 11.7. The number of nitrogens with zero attached hydrogens (tertiary/aromatic N) is 1. The van der Waals surface area contributed by atoms with Gasteiger partial charge in [0, 0.05) is 17.8 Å². The molecule has 1 heterocycles. The summed E-state index contributed by atoms with van der Waals surface area (Å²) in [6, 6.07) is 7.49. The lowest BCUT2D eigenvalue weighted by Crippen LogP contribution is -2.58. The number of rotatable bonds is 1. The van der Waals surface area contributed by atoms with Crippen LogP contribution in [0.2, 0.25) is 0 Å². The fourth-order valence-electron chi connectivity index (χ4n) is 1.75. The Morgan fingerprint density at radius 2 is 1.93 bits per heavy atom. The Bertz CT molecular complexity index is 437. The monoisotopic (exact) mass is 199 g/mol. The van der Waals surface area contributed by atoms with Crippen LogP contribution in [0.1, 0.15) is 19.4 Å². The zero-order valence-electron chi connectivity index (χ0n) is 8.95. The lowest BCUT2D eigenvalue weighted by atomic mass is 9.83. The van der Waals surface area contributed by atoms with Gasteiger partial charge in [-0.2, -0.15) is 0 Å². The van der Waals surface area contributed by atoms with Gasteiger partial charge in [-0.15, -0.1) is 6.42 Å². The van der Waals surface area contributed by atoms with E-state index < -0.39 is 0 Å². The highest BCUT2D eigenvalue weighted by atomic mass is 16.2. The van der Waals surface area contributed by atoms with E-state index in [-0.39, 0.29) is 11.3 Å². The summed E-state index contributed by atoms with van der Waals surface area (Å²) in [5, 5.41) is 0. The van der Waals surface area contributed by atoms with Gasteiger partial charge in [-0.05, 0) is 38.1 Å². The fourth-order valence-corrected chi connectivity index (χ4v) is 1.75. The molecule has 76 valence electrons. The van der Waals surface area contributed by atoms with Gasteiger partial charge in [0.1, 0.15) is 0 Å². The minimum absolute atomic E-state index is 0.177. The Hall–Kier alpha value is -1.75. The topological polar surface area (TPSA) is 20.3 Å². The highest BCUT2D eigenvalue weighted by Gasteiger charge is 2.44. The van der Waals surface area contributed by atoms with E-state index in [1.54, 1.807) is 4.90 Å². The predicted octanol–water partition coefficient (Wildman–Crippen LogP) is 2.04. The lowest BCUT2D eigenvalue weighted by Gasteiger charge is -2.44. The molecule has 0 spiro atoms. The number of carbonyl (C=O) groups is 1. The summed E-state index contributed by atoms with van der Waals surface area (Å²) < 4.78 is 0. The van der Waals surface area contributed by atoms with Crippen LogP contribution in [0.4, 0.5) is 5.69 Å². The third-order valence-corrected chi connectivity index (χ3v) is 2.72. The Labute approximate surface area is 89.9 Å². The molecule has 0 N–H and O–H groups in total. The van der Waals surface area contributed by atoms with E-state index in [2.05, 4.69) is 5.92 Å². The second-order valence-electron chi connectivity index (χ2n) is 4.47. The van der Waals surface area contributed by atoms with Crippen molar-refractivity contribution in [2.75, 3.05) is 11.4 Å². The van der Waals surface area contributed by atoms with Crippen LogP contribution in [-0.2, 0) is 4.79 Å². The normalized spacial score (nSPS) is 18.2. The summed E-state index contributed by atoms with van der Waals surface area (Å²) in [7, 11) is 0. The number of hydrogen-bond acceptors (Lipinski definition) is 1. The van der Waals surface area contributed by atoms with E-state index in [1.807, 2.05) is 38.1 Å². The van der Waals surface area contributed by atoms with Gasteiger partial charge in [-0.1, -0.05) is 5.92 Å². The third-order valence-electron chi connectivity index (χ3n) is 2.72. The van der Waals surface area contributed by atoms with Crippen LogP contribution in [-0.4, -0.2) is 12.5 Å². The Morgan fingerprint density at radius 3 is 2.33 bits per heavy atom. The molecule has 2 nitrogen and oxygen atoms in total. The molecule has 1 amide bonds. The van der Waals surface area contributed by atoms with E-state index in [9.17, 15) is 4.79 Å². The van der Waals surface area contributed by atoms with E-state index in [0.717, 1.165) is 17.8 Å². The van der Waals surface area contributed by atoms with E-state index in [4.69, 9.17) is 6.42 Å². The van der Waals surface area contributed by atoms with Crippen molar-refractivity contribution in [3.8, 4) is 12.3 Å². The molecule has 0 radical (unpaired) electrons. The molecule has 2 heteroatoms. The first-order chi connectivity index (χ1) is 7.04. The van der Waals surface area contributed by atoms with Crippen LogP contribution in [0, 0.1) is 17.8 Å². The van der Waals surface area contributed by atoms with Crippen molar-refractivity contribution in [1.29, 1.82) is 0 Å². The quantitative estimate of drug-likeness (QED) is 0.500. The molecular formula is C13H13NO. The molecule has 1 aromatic carbocycles. The highest BCUT2D eigenvalue weighted by Crippen LogP contribution is 2.34. The van der Waals surface area contributed by atoms with Crippen LogP contribution in [0.25, 0.3) is 0 Å². The van der Waals surface area contributed by atoms with Gasteiger partial charge in [0.05, 0.1) is 5.41 Å². The molecule has 0 saturated carbocycles. The Kier molecular flexibility index (Phi) is 2.04. The Balaban J connectivity index is 2.20. The number of anilines is 1. The van der Waals surface area contributed by atoms with Crippen LogP contribution in [0.15, 0.2) is 24.3 Å². The van der Waals surface area contributed by atoms with E-state index in [0.29, 0.717) is 0 Å². The molecule has 1 saturated heterocycles. The predicted molar refractivity (Wildman–Crippen MR) is 60.5 cm³/mol. The molecular weight excluding hydrogens is 186 g/mol. The summed E-state index contributed by atoms with van der Waals surface area (Å²) >= 11 is 0. The number of β-lactam (4-membered cyclic amide) rings is 1. The SMILES string of the molecule is C#Cc1ccc(N2CC(C)(C)C2=O)cc1. The first-order valence-corrected chi connectivity index (χ1v) is 4.93. The van der Waals surface area contributed by atoms with Gasteiger partial charge in [-0.3, -0.25) is 4.79 Å². The van der Waals surface area contributed by atoms with Crippen molar-refractivity contribution in [2.45, 2.75) is 13.8 Å². The van der Waals surface area contributed by atoms with E-state index in [1.165, 1.54) is 0 Å².